The van der Waals surface area contributed by atoms with Crippen LogP contribution in [0.2, 0.25) is 0 Å². The number of anilines is 1. The lowest BCUT2D eigenvalue weighted by Crippen LogP contribution is -2.19. The number of benzene rings is 1. The number of aliphatic hydroxyl groups excluding tert-OH is 1. The molecule has 0 amide bonds. The Balaban J connectivity index is 2.17. The Morgan fingerprint density at radius 2 is 2.24 bits per heavy atom. The number of aliphatic hydroxyl groups is 1. The van der Waals surface area contributed by atoms with Crippen LogP contribution in [0.15, 0.2) is 29.2 Å². The number of thioether (sulfide) groups is 1. The third kappa shape index (κ3) is 6.53. The van der Waals surface area contributed by atoms with E-state index < -0.39 is 6.10 Å². The molecule has 4 nitrogen and oxygen atoms in total. The van der Waals surface area contributed by atoms with E-state index in [2.05, 4.69) is 0 Å². The van der Waals surface area contributed by atoms with E-state index in [9.17, 15) is 5.11 Å². The molecule has 5 heteroatoms. The molecule has 0 aliphatic heterocycles. The first-order valence-corrected chi connectivity index (χ1v) is 6.44. The van der Waals surface area contributed by atoms with Gasteiger partial charge in [0.1, 0.15) is 0 Å². The Bertz CT molecular complexity index is 322. The number of rotatable bonds is 8. The Kier molecular flexibility index (Phi) is 7.04. The minimum absolute atomic E-state index is 0.332. The van der Waals surface area contributed by atoms with E-state index in [1.807, 2.05) is 24.3 Å². The molecule has 0 fully saturated rings. The molecule has 0 heterocycles. The summed E-state index contributed by atoms with van der Waals surface area (Å²) in [5.74, 6) is 0.594. The monoisotopic (exact) mass is 257 g/mol. The molecule has 0 bridgehead atoms. The molecule has 0 radical (unpaired) electrons. The first-order valence-electron chi connectivity index (χ1n) is 5.45. The summed E-state index contributed by atoms with van der Waals surface area (Å²) >= 11 is 1.57. The van der Waals surface area contributed by atoms with Crippen LogP contribution in [0.3, 0.4) is 0 Å². The second kappa shape index (κ2) is 8.36. The van der Waals surface area contributed by atoms with E-state index >= 15 is 0 Å². The van der Waals surface area contributed by atoms with Crippen LogP contribution in [-0.4, -0.2) is 43.9 Å². The SMILES string of the molecule is COCCOCC(O)CSc1cccc(N)c1. The van der Waals surface area contributed by atoms with Crippen molar-refractivity contribution in [2.24, 2.45) is 0 Å². The van der Waals surface area contributed by atoms with Crippen LogP contribution in [0.4, 0.5) is 5.69 Å². The summed E-state index contributed by atoms with van der Waals surface area (Å²) in [5.41, 5.74) is 6.40. The predicted octanol–water partition coefficient (Wildman–Crippen LogP) is 1.38. The van der Waals surface area contributed by atoms with Crippen LogP contribution in [0.1, 0.15) is 0 Å². The van der Waals surface area contributed by atoms with E-state index in [4.69, 9.17) is 15.2 Å². The highest BCUT2D eigenvalue weighted by Crippen LogP contribution is 2.20. The number of methoxy groups -OCH3 is 1. The Hall–Kier alpha value is -0.750. The molecular formula is C12H19NO3S. The lowest BCUT2D eigenvalue weighted by molar-refractivity contribution is 0.0218. The fraction of sp³-hybridized carbons (Fsp3) is 0.500. The molecule has 0 aliphatic carbocycles. The van der Waals surface area contributed by atoms with Crippen molar-refractivity contribution in [3.05, 3.63) is 24.3 Å². The maximum absolute atomic E-state index is 9.66. The van der Waals surface area contributed by atoms with E-state index in [-0.39, 0.29) is 0 Å². The number of hydrogen-bond donors (Lipinski definition) is 2. The van der Waals surface area contributed by atoms with Crippen molar-refractivity contribution in [2.75, 3.05) is 38.4 Å². The van der Waals surface area contributed by atoms with Gasteiger partial charge in [0.05, 0.1) is 25.9 Å². The van der Waals surface area contributed by atoms with Crippen molar-refractivity contribution < 1.29 is 14.6 Å². The molecule has 3 N–H and O–H groups in total. The largest absolute Gasteiger partial charge is 0.399 e. The van der Waals surface area contributed by atoms with E-state index in [1.54, 1.807) is 18.9 Å². The van der Waals surface area contributed by atoms with Crippen molar-refractivity contribution in [3.8, 4) is 0 Å². The minimum atomic E-state index is -0.474. The molecule has 1 aromatic rings. The Morgan fingerprint density at radius 3 is 2.94 bits per heavy atom. The number of hydrogen-bond acceptors (Lipinski definition) is 5. The summed E-state index contributed by atoms with van der Waals surface area (Å²) in [4.78, 5) is 1.06. The number of ether oxygens (including phenoxy) is 2. The zero-order valence-corrected chi connectivity index (χ0v) is 10.8. The molecule has 0 saturated heterocycles. The average molecular weight is 257 g/mol. The Morgan fingerprint density at radius 1 is 1.41 bits per heavy atom. The van der Waals surface area contributed by atoms with Gasteiger partial charge in [-0.15, -0.1) is 11.8 Å². The van der Waals surface area contributed by atoms with Gasteiger partial charge in [-0.25, -0.2) is 0 Å². The van der Waals surface area contributed by atoms with Gasteiger partial charge in [-0.3, -0.25) is 0 Å². The zero-order chi connectivity index (χ0) is 12.5. The summed E-state index contributed by atoms with van der Waals surface area (Å²) in [7, 11) is 1.62. The van der Waals surface area contributed by atoms with Crippen molar-refractivity contribution in [1.82, 2.24) is 0 Å². The van der Waals surface area contributed by atoms with Gasteiger partial charge in [0, 0.05) is 23.4 Å². The standard InChI is InChI=1S/C12H19NO3S/c1-15-5-6-16-8-11(14)9-17-12-4-2-3-10(13)7-12/h2-4,7,11,14H,5-6,8-9,13H2,1H3. The van der Waals surface area contributed by atoms with Crippen LogP contribution in [0.25, 0.3) is 0 Å². The average Bonchev–Trinajstić information content (AvgIpc) is 2.32. The molecule has 1 atom stereocenters. The van der Waals surface area contributed by atoms with Crippen LogP contribution < -0.4 is 5.73 Å². The number of nitrogen functional groups attached to an aromatic ring is 1. The normalized spacial score (nSPS) is 12.6. The van der Waals surface area contributed by atoms with Crippen molar-refractivity contribution in [1.29, 1.82) is 0 Å². The van der Waals surface area contributed by atoms with Gasteiger partial charge in [-0.05, 0) is 18.2 Å². The number of nitrogens with two attached hydrogens (primary N) is 1. The lowest BCUT2D eigenvalue weighted by atomic mass is 10.3. The van der Waals surface area contributed by atoms with Gasteiger partial charge in [-0.1, -0.05) is 6.07 Å². The van der Waals surface area contributed by atoms with Crippen LogP contribution >= 0.6 is 11.8 Å². The van der Waals surface area contributed by atoms with Gasteiger partial charge in [0.15, 0.2) is 0 Å². The summed E-state index contributed by atoms with van der Waals surface area (Å²) in [5, 5.41) is 9.66. The molecule has 1 rings (SSSR count). The highest BCUT2D eigenvalue weighted by atomic mass is 32.2. The molecule has 0 aliphatic rings. The highest BCUT2D eigenvalue weighted by Gasteiger charge is 2.05. The van der Waals surface area contributed by atoms with Crippen LogP contribution in [-0.2, 0) is 9.47 Å². The van der Waals surface area contributed by atoms with E-state index in [0.717, 1.165) is 10.6 Å². The minimum Gasteiger partial charge on any atom is -0.399 e. The summed E-state index contributed by atoms with van der Waals surface area (Å²) in [6.45, 7) is 1.39. The third-order valence-electron chi connectivity index (χ3n) is 2.04. The molecule has 0 saturated carbocycles. The van der Waals surface area contributed by atoms with Gasteiger partial charge in [0.25, 0.3) is 0 Å². The maximum Gasteiger partial charge on any atom is 0.0867 e. The van der Waals surface area contributed by atoms with Gasteiger partial charge in [0.2, 0.25) is 0 Å². The fourth-order valence-corrected chi connectivity index (χ4v) is 2.08. The van der Waals surface area contributed by atoms with Crippen LogP contribution in [0.5, 0.6) is 0 Å². The van der Waals surface area contributed by atoms with Gasteiger partial charge in [-0.2, -0.15) is 0 Å². The van der Waals surface area contributed by atoms with Gasteiger partial charge < -0.3 is 20.3 Å². The zero-order valence-electron chi connectivity index (χ0n) is 9.96. The Labute approximate surface area is 106 Å². The van der Waals surface area contributed by atoms with Gasteiger partial charge >= 0.3 is 0 Å². The fourth-order valence-electron chi connectivity index (χ4n) is 1.21. The van der Waals surface area contributed by atoms with Crippen molar-refractivity contribution >= 4 is 17.4 Å². The highest BCUT2D eigenvalue weighted by molar-refractivity contribution is 7.99. The predicted molar refractivity (Wildman–Crippen MR) is 70.3 cm³/mol. The summed E-state index contributed by atoms with van der Waals surface area (Å²) < 4.78 is 10.1. The molecule has 0 spiro atoms. The van der Waals surface area contributed by atoms with E-state index in [0.29, 0.717) is 25.6 Å². The van der Waals surface area contributed by atoms with Crippen molar-refractivity contribution in [2.45, 2.75) is 11.0 Å². The maximum atomic E-state index is 9.66. The molecule has 1 aromatic carbocycles. The van der Waals surface area contributed by atoms with Crippen LogP contribution in [0, 0.1) is 0 Å². The first kappa shape index (κ1) is 14.3. The molecule has 96 valence electrons. The summed E-state index contributed by atoms with van der Waals surface area (Å²) in [6, 6.07) is 7.61. The first-order chi connectivity index (χ1) is 8.22. The smallest absolute Gasteiger partial charge is 0.0867 e. The topological polar surface area (TPSA) is 64.7 Å². The molecule has 17 heavy (non-hydrogen) atoms. The molecular weight excluding hydrogens is 238 g/mol. The third-order valence-corrected chi connectivity index (χ3v) is 3.18. The molecule has 1 unspecified atom stereocenters. The second-order valence-electron chi connectivity index (χ2n) is 3.61. The lowest BCUT2D eigenvalue weighted by Gasteiger charge is -2.10. The molecule has 0 aromatic heterocycles. The van der Waals surface area contributed by atoms with Crippen molar-refractivity contribution in [3.63, 3.8) is 0 Å². The quantitative estimate of drug-likeness (QED) is 0.418. The second-order valence-corrected chi connectivity index (χ2v) is 4.70. The van der Waals surface area contributed by atoms with E-state index in [1.165, 1.54) is 0 Å². The summed E-state index contributed by atoms with van der Waals surface area (Å²) in [6.07, 6.45) is -0.474.